The predicted octanol–water partition coefficient (Wildman–Crippen LogP) is 0.987. The summed E-state index contributed by atoms with van der Waals surface area (Å²) in [6.07, 6.45) is 0. The summed E-state index contributed by atoms with van der Waals surface area (Å²) in [6, 6.07) is 2.94. The lowest BCUT2D eigenvalue weighted by molar-refractivity contribution is 0.322. The zero-order valence-corrected chi connectivity index (χ0v) is 7.74. The molecule has 0 unspecified atom stereocenters. The van der Waals surface area contributed by atoms with Gasteiger partial charge in [-0.2, -0.15) is 5.26 Å². The number of hydrogen-bond acceptors (Lipinski definition) is 5. The van der Waals surface area contributed by atoms with Gasteiger partial charge < -0.3 is 19.7 Å². The number of ether oxygens (including phenoxy) is 2. The summed E-state index contributed by atoms with van der Waals surface area (Å²) < 4.78 is 9.53. The molecule has 0 spiro atoms. The van der Waals surface area contributed by atoms with Gasteiger partial charge in [-0.1, -0.05) is 0 Å². The van der Waals surface area contributed by atoms with Crippen LogP contribution in [0.5, 0.6) is 23.0 Å². The highest BCUT2D eigenvalue weighted by Gasteiger charge is 2.18. The number of benzene rings is 1. The van der Waals surface area contributed by atoms with Crippen LogP contribution in [0.4, 0.5) is 0 Å². The lowest BCUT2D eigenvalue weighted by atomic mass is 10.1. The Balaban J connectivity index is 3.49. The smallest absolute Gasteiger partial charge is 0.206 e. The molecule has 5 nitrogen and oxygen atoms in total. The molecule has 0 atom stereocenters. The second-order valence-corrected chi connectivity index (χ2v) is 2.47. The number of phenols is 2. The predicted molar refractivity (Wildman–Crippen MR) is 47.6 cm³/mol. The molecule has 0 heterocycles. The van der Waals surface area contributed by atoms with Gasteiger partial charge in [0, 0.05) is 6.07 Å². The van der Waals surface area contributed by atoms with Gasteiger partial charge in [0.05, 0.1) is 14.2 Å². The van der Waals surface area contributed by atoms with E-state index >= 15 is 0 Å². The molecular weight excluding hydrogens is 186 g/mol. The van der Waals surface area contributed by atoms with Crippen molar-refractivity contribution in [3.05, 3.63) is 11.6 Å². The average molecular weight is 195 g/mol. The zero-order chi connectivity index (χ0) is 10.7. The maximum absolute atomic E-state index is 9.52. The van der Waals surface area contributed by atoms with Gasteiger partial charge in [-0.05, 0) is 0 Å². The van der Waals surface area contributed by atoms with Crippen molar-refractivity contribution in [1.82, 2.24) is 0 Å². The molecule has 1 rings (SSSR count). The highest BCUT2D eigenvalue weighted by Crippen LogP contribution is 2.44. The van der Waals surface area contributed by atoms with E-state index in [1.807, 2.05) is 0 Å². The second kappa shape index (κ2) is 3.75. The molecule has 0 aliphatic carbocycles. The van der Waals surface area contributed by atoms with E-state index in [4.69, 9.17) is 14.7 Å². The van der Waals surface area contributed by atoms with Crippen molar-refractivity contribution in [2.75, 3.05) is 14.2 Å². The Morgan fingerprint density at radius 1 is 1.21 bits per heavy atom. The maximum atomic E-state index is 9.52. The van der Waals surface area contributed by atoms with Crippen LogP contribution >= 0.6 is 0 Å². The van der Waals surface area contributed by atoms with Crippen LogP contribution in [0.3, 0.4) is 0 Å². The third-order valence-electron chi connectivity index (χ3n) is 1.72. The third kappa shape index (κ3) is 1.38. The molecule has 0 fully saturated rings. The minimum atomic E-state index is -0.383. The van der Waals surface area contributed by atoms with E-state index in [0.717, 1.165) is 6.07 Å². The molecule has 1 aromatic carbocycles. The van der Waals surface area contributed by atoms with Gasteiger partial charge in [-0.3, -0.25) is 0 Å². The first-order valence-electron chi connectivity index (χ1n) is 3.72. The summed E-state index contributed by atoms with van der Waals surface area (Å²) >= 11 is 0. The van der Waals surface area contributed by atoms with Gasteiger partial charge in [0.25, 0.3) is 0 Å². The van der Waals surface area contributed by atoms with Crippen LogP contribution in [0.15, 0.2) is 6.07 Å². The van der Waals surface area contributed by atoms with E-state index in [2.05, 4.69) is 0 Å². The Bertz CT molecular complexity index is 395. The Kier molecular flexibility index (Phi) is 2.67. The van der Waals surface area contributed by atoms with Crippen molar-refractivity contribution >= 4 is 0 Å². The number of methoxy groups -OCH3 is 2. The van der Waals surface area contributed by atoms with E-state index in [9.17, 15) is 10.2 Å². The van der Waals surface area contributed by atoms with Crippen molar-refractivity contribution in [1.29, 1.82) is 5.26 Å². The summed E-state index contributed by atoms with van der Waals surface area (Å²) in [7, 11) is 2.60. The molecule has 5 heteroatoms. The van der Waals surface area contributed by atoms with Crippen molar-refractivity contribution in [3.63, 3.8) is 0 Å². The fourth-order valence-electron chi connectivity index (χ4n) is 1.11. The maximum Gasteiger partial charge on any atom is 0.206 e. The van der Waals surface area contributed by atoms with Gasteiger partial charge >= 0.3 is 0 Å². The average Bonchev–Trinajstić information content (AvgIpc) is 2.17. The molecule has 74 valence electrons. The van der Waals surface area contributed by atoms with E-state index in [1.54, 1.807) is 6.07 Å². The molecule has 0 radical (unpaired) electrons. The quantitative estimate of drug-likeness (QED) is 0.735. The summed E-state index contributed by atoms with van der Waals surface area (Å²) in [6.45, 7) is 0. The van der Waals surface area contributed by atoms with Gasteiger partial charge in [0.2, 0.25) is 11.5 Å². The first-order chi connectivity index (χ1) is 6.65. The Morgan fingerprint density at radius 2 is 1.79 bits per heavy atom. The van der Waals surface area contributed by atoms with E-state index < -0.39 is 0 Å². The van der Waals surface area contributed by atoms with Crippen LogP contribution in [0.2, 0.25) is 0 Å². The molecule has 0 saturated heterocycles. The molecule has 0 bridgehead atoms. The molecule has 0 aromatic heterocycles. The molecule has 0 aliphatic rings. The van der Waals surface area contributed by atoms with Crippen molar-refractivity contribution < 1.29 is 19.7 Å². The number of rotatable bonds is 2. The lowest BCUT2D eigenvalue weighted by Crippen LogP contribution is -1.92. The number of nitriles is 1. The standard InChI is InChI=1S/C9H9NO4/c1-13-8-5(4-10)3-6(11)9(14-2)7(8)12/h3,11-12H,1-2H3. The number of nitrogens with zero attached hydrogens (tertiary/aromatic N) is 1. The number of hydrogen-bond donors (Lipinski definition) is 2. The van der Waals surface area contributed by atoms with Crippen LogP contribution < -0.4 is 9.47 Å². The van der Waals surface area contributed by atoms with Crippen LogP contribution in [0, 0.1) is 11.3 Å². The Morgan fingerprint density at radius 3 is 2.21 bits per heavy atom. The number of aromatic hydroxyl groups is 2. The van der Waals surface area contributed by atoms with E-state index in [1.165, 1.54) is 14.2 Å². The lowest BCUT2D eigenvalue weighted by Gasteiger charge is -2.10. The first-order valence-corrected chi connectivity index (χ1v) is 3.72. The van der Waals surface area contributed by atoms with Gasteiger partial charge in [-0.25, -0.2) is 0 Å². The van der Waals surface area contributed by atoms with Crippen LogP contribution in [-0.2, 0) is 0 Å². The SMILES string of the molecule is COc1c(O)cc(C#N)c(OC)c1O. The van der Waals surface area contributed by atoms with Gasteiger partial charge in [-0.15, -0.1) is 0 Å². The molecule has 0 saturated carbocycles. The minimum Gasteiger partial charge on any atom is -0.504 e. The summed E-state index contributed by atoms with van der Waals surface area (Å²) in [4.78, 5) is 0. The minimum absolute atomic E-state index is 0.0119. The zero-order valence-electron chi connectivity index (χ0n) is 7.74. The second-order valence-electron chi connectivity index (χ2n) is 2.47. The summed E-state index contributed by atoms with van der Waals surface area (Å²) in [5, 5.41) is 27.5. The normalized spacial score (nSPS) is 9.21. The van der Waals surface area contributed by atoms with Crippen LogP contribution in [-0.4, -0.2) is 24.4 Å². The van der Waals surface area contributed by atoms with Crippen molar-refractivity contribution in [2.24, 2.45) is 0 Å². The van der Waals surface area contributed by atoms with Crippen LogP contribution in [0.25, 0.3) is 0 Å². The van der Waals surface area contributed by atoms with E-state index in [-0.39, 0.29) is 28.6 Å². The molecular formula is C9H9NO4. The molecule has 0 aliphatic heterocycles. The summed E-state index contributed by atoms with van der Waals surface area (Å²) in [5.41, 5.74) is 0.0447. The number of phenolic OH excluding ortho intramolecular Hbond substituents is 2. The first kappa shape index (κ1) is 9.99. The molecule has 0 amide bonds. The fourth-order valence-corrected chi connectivity index (χ4v) is 1.11. The molecule has 1 aromatic rings. The Labute approximate surface area is 80.7 Å². The van der Waals surface area contributed by atoms with Crippen molar-refractivity contribution in [2.45, 2.75) is 0 Å². The van der Waals surface area contributed by atoms with Crippen molar-refractivity contribution in [3.8, 4) is 29.1 Å². The molecule has 14 heavy (non-hydrogen) atoms. The molecule has 2 N–H and O–H groups in total. The fraction of sp³-hybridized carbons (Fsp3) is 0.222. The highest BCUT2D eigenvalue weighted by atomic mass is 16.5. The van der Waals surface area contributed by atoms with Gasteiger partial charge in [0.1, 0.15) is 11.6 Å². The highest BCUT2D eigenvalue weighted by molar-refractivity contribution is 5.64. The van der Waals surface area contributed by atoms with Gasteiger partial charge in [0.15, 0.2) is 11.5 Å². The van der Waals surface area contributed by atoms with E-state index in [0.29, 0.717) is 0 Å². The summed E-state index contributed by atoms with van der Waals surface area (Å²) in [5.74, 6) is -0.808. The van der Waals surface area contributed by atoms with Crippen LogP contribution in [0.1, 0.15) is 5.56 Å². The third-order valence-corrected chi connectivity index (χ3v) is 1.72. The largest absolute Gasteiger partial charge is 0.504 e. The topological polar surface area (TPSA) is 82.7 Å². The monoisotopic (exact) mass is 195 g/mol. The Hall–Kier alpha value is -2.09.